The molecular weight excluding hydrogens is 343 g/mol. The summed E-state index contributed by atoms with van der Waals surface area (Å²) in [6.07, 6.45) is 4.19. The number of anilines is 1. The lowest BCUT2D eigenvalue weighted by molar-refractivity contribution is -0.118. The van der Waals surface area contributed by atoms with E-state index in [0.717, 1.165) is 30.6 Å². The van der Waals surface area contributed by atoms with Crippen LogP contribution in [0.3, 0.4) is 0 Å². The maximum absolute atomic E-state index is 13.9. The first kappa shape index (κ1) is 17.5. The number of hydrogen-bond donors (Lipinski definition) is 0. The number of fused-ring (bicyclic) bond motifs is 1. The van der Waals surface area contributed by atoms with Gasteiger partial charge in [0.2, 0.25) is 5.91 Å². The van der Waals surface area contributed by atoms with Gasteiger partial charge in [-0.3, -0.25) is 4.79 Å². The van der Waals surface area contributed by atoms with Crippen LogP contribution in [0.25, 0.3) is 11.3 Å². The number of amides is 1. The summed E-state index contributed by atoms with van der Waals surface area (Å²) in [6, 6.07) is 12.6. The number of halogens is 1. The highest BCUT2D eigenvalue weighted by molar-refractivity contribution is 5.95. The molecule has 5 heteroatoms. The minimum absolute atomic E-state index is 0.0656. The smallest absolute Gasteiger partial charge is 0.227 e. The summed E-state index contributed by atoms with van der Waals surface area (Å²) in [5.41, 5.74) is 3.78. The van der Waals surface area contributed by atoms with Crippen molar-refractivity contribution in [2.24, 2.45) is 0 Å². The molecule has 0 aliphatic carbocycles. The number of hydrogen-bond acceptors (Lipinski definition) is 3. The molecule has 1 amide bonds. The SMILES string of the molecule is Cc1cccc2c1N(C(=O)CCc1ncc(-c3ccccc3F)o1)CCC2. The molecule has 0 unspecified atom stereocenters. The highest BCUT2D eigenvalue weighted by atomic mass is 19.1. The van der Waals surface area contributed by atoms with Gasteiger partial charge in [-0.05, 0) is 43.0 Å². The number of para-hydroxylation sites is 1. The summed E-state index contributed by atoms with van der Waals surface area (Å²) in [4.78, 5) is 18.9. The fourth-order valence-electron chi connectivity index (χ4n) is 3.66. The van der Waals surface area contributed by atoms with Gasteiger partial charge in [-0.1, -0.05) is 30.3 Å². The van der Waals surface area contributed by atoms with E-state index >= 15 is 0 Å². The number of rotatable bonds is 4. The average Bonchev–Trinajstić information content (AvgIpc) is 3.15. The molecule has 27 heavy (non-hydrogen) atoms. The van der Waals surface area contributed by atoms with Crippen LogP contribution in [0.5, 0.6) is 0 Å². The van der Waals surface area contributed by atoms with Gasteiger partial charge in [0, 0.05) is 25.1 Å². The van der Waals surface area contributed by atoms with Gasteiger partial charge in [0.15, 0.2) is 11.7 Å². The van der Waals surface area contributed by atoms with Gasteiger partial charge in [0.05, 0.1) is 11.8 Å². The molecule has 2 heterocycles. The Morgan fingerprint density at radius 3 is 2.93 bits per heavy atom. The fraction of sp³-hybridized carbons (Fsp3) is 0.273. The van der Waals surface area contributed by atoms with E-state index in [0.29, 0.717) is 30.1 Å². The third-order valence-corrected chi connectivity index (χ3v) is 4.97. The van der Waals surface area contributed by atoms with Crippen LogP contribution in [0.1, 0.15) is 29.9 Å². The number of benzene rings is 2. The second-order valence-corrected chi connectivity index (χ2v) is 6.83. The van der Waals surface area contributed by atoms with Crippen molar-refractivity contribution in [3.05, 3.63) is 71.5 Å². The molecule has 0 radical (unpaired) electrons. The van der Waals surface area contributed by atoms with E-state index < -0.39 is 0 Å². The lowest BCUT2D eigenvalue weighted by atomic mass is 9.98. The Morgan fingerprint density at radius 2 is 2.07 bits per heavy atom. The van der Waals surface area contributed by atoms with Crippen LogP contribution in [0.4, 0.5) is 10.1 Å². The first-order valence-electron chi connectivity index (χ1n) is 9.22. The molecule has 3 aromatic rings. The molecule has 4 nitrogen and oxygen atoms in total. The predicted octanol–water partition coefficient (Wildman–Crippen LogP) is 4.70. The standard InChI is InChI=1S/C22H21FN2O2/c1-15-6-4-7-16-8-5-13-25(22(15)16)21(26)12-11-20-24-14-19(27-20)17-9-2-3-10-18(17)23/h2-4,6-7,9-10,14H,5,8,11-13H2,1H3. The Labute approximate surface area is 157 Å². The van der Waals surface area contributed by atoms with Gasteiger partial charge >= 0.3 is 0 Å². The van der Waals surface area contributed by atoms with E-state index in [-0.39, 0.29) is 11.7 Å². The maximum atomic E-state index is 13.9. The molecule has 138 valence electrons. The quantitative estimate of drug-likeness (QED) is 0.674. The van der Waals surface area contributed by atoms with Gasteiger partial charge in [-0.2, -0.15) is 0 Å². The maximum Gasteiger partial charge on any atom is 0.227 e. The van der Waals surface area contributed by atoms with Crippen molar-refractivity contribution >= 4 is 11.6 Å². The lowest BCUT2D eigenvalue weighted by Gasteiger charge is -2.31. The van der Waals surface area contributed by atoms with E-state index in [1.54, 1.807) is 18.2 Å². The topological polar surface area (TPSA) is 46.3 Å². The largest absolute Gasteiger partial charge is 0.441 e. The molecule has 4 rings (SSSR count). The summed E-state index contributed by atoms with van der Waals surface area (Å²) in [6.45, 7) is 2.78. The van der Waals surface area contributed by atoms with Crippen LogP contribution in [0, 0.1) is 12.7 Å². The molecule has 0 fully saturated rings. The average molecular weight is 364 g/mol. The number of aryl methyl sites for hydroxylation is 3. The summed E-state index contributed by atoms with van der Waals surface area (Å²) in [5, 5.41) is 0. The zero-order valence-electron chi connectivity index (χ0n) is 15.2. The van der Waals surface area contributed by atoms with Crippen molar-refractivity contribution in [2.75, 3.05) is 11.4 Å². The molecule has 2 aromatic carbocycles. The normalized spacial score (nSPS) is 13.5. The zero-order valence-corrected chi connectivity index (χ0v) is 15.2. The molecule has 0 spiro atoms. The Morgan fingerprint density at radius 1 is 1.22 bits per heavy atom. The lowest BCUT2D eigenvalue weighted by Crippen LogP contribution is -2.36. The molecular formula is C22H21FN2O2. The summed E-state index contributed by atoms with van der Waals surface area (Å²) in [5.74, 6) is 0.547. The van der Waals surface area contributed by atoms with Crippen molar-refractivity contribution in [1.82, 2.24) is 4.98 Å². The first-order chi connectivity index (χ1) is 13.1. The highest BCUT2D eigenvalue weighted by Crippen LogP contribution is 2.31. The monoisotopic (exact) mass is 364 g/mol. The van der Waals surface area contributed by atoms with Crippen molar-refractivity contribution in [3.63, 3.8) is 0 Å². The molecule has 0 N–H and O–H groups in total. The summed E-state index contributed by atoms with van der Waals surface area (Å²) < 4.78 is 19.5. The predicted molar refractivity (Wildman–Crippen MR) is 102 cm³/mol. The highest BCUT2D eigenvalue weighted by Gasteiger charge is 2.24. The van der Waals surface area contributed by atoms with Crippen LogP contribution >= 0.6 is 0 Å². The Kier molecular flexibility index (Phi) is 4.75. The van der Waals surface area contributed by atoms with Crippen molar-refractivity contribution < 1.29 is 13.6 Å². The third kappa shape index (κ3) is 3.50. The van der Waals surface area contributed by atoms with Gasteiger partial charge in [-0.25, -0.2) is 9.37 Å². The van der Waals surface area contributed by atoms with Crippen LogP contribution in [-0.2, 0) is 17.6 Å². The van der Waals surface area contributed by atoms with Crippen molar-refractivity contribution in [1.29, 1.82) is 0 Å². The molecule has 0 atom stereocenters. The van der Waals surface area contributed by atoms with E-state index in [2.05, 4.69) is 11.1 Å². The molecule has 0 saturated carbocycles. The van der Waals surface area contributed by atoms with E-state index in [4.69, 9.17) is 4.42 Å². The molecule has 0 bridgehead atoms. The van der Waals surface area contributed by atoms with Gasteiger partial charge in [0.1, 0.15) is 5.82 Å². The van der Waals surface area contributed by atoms with Crippen molar-refractivity contribution in [3.8, 4) is 11.3 Å². The molecule has 1 aliphatic rings. The Balaban J connectivity index is 1.46. The van der Waals surface area contributed by atoms with Crippen LogP contribution in [0.2, 0.25) is 0 Å². The van der Waals surface area contributed by atoms with Gasteiger partial charge in [0.25, 0.3) is 0 Å². The third-order valence-electron chi connectivity index (χ3n) is 4.97. The minimum atomic E-state index is -0.350. The molecule has 1 aromatic heterocycles. The second kappa shape index (κ2) is 7.35. The zero-order chi connectivity index (χ0) is 18.8. The number of carbonyl (C=O) groups is 1. The van der Waals surface area contributed by atoms with Gasteiger partial charge in [-0.15, -0.1) is 0 Å². The van der Waals surface area contributed by atoms with E-state index in [1.165, 1.54) is 17.8 Å². The number of nitrogens with zero attached hydrogens (tertiary/aromatic N) is 2. The van der Waals surface area contributed by atoms with Crippen molar-refractivity contribution in [2.45, 2.75) is 32.6 Å². The van der Waals surface area contributed by atoms with E-state index in [9.17, 15) is 9.18 Å². The van der Waals surface area contributed by atoms with Crippen LogP contribution in [0.15, 0.2) is 53.1 Å². The molecule has 0 saturated heterocycles. The minimum Gasteiger partial charge on any atom is -0.441 e. The van der Waals surface area contributed by atoms with Crippen LogP contribution in [-0.4, -0.2) is 17.4 Å². The summed E-state index contributed by atoms with van der Waals surface area (Å²) >= 11 is 0. The number of aromatic nitrogens is 1. The Bertz CT molecular complexity index is 980. The van der Waals surface area contributed by atoms with E-state index in [1.807, 2.05) is 24.0 Å². The Hall–Kier alpha value is -2.95. The summed E-state index contributed by atoms with van der Waals surface area (Å²) in [7, 11) is 0. The first-order valence-corrected chi connectivity index (χ1v) is 9.22. The van der Waals surface area contributed by atoms with Crippen LogP contribution < -0.4 is 4.90 Å². The molecule has 1 aliphatic heterocycles. The number of carbonyl (C=O) groups excluding carboxylic acids is 1. The second-order valence-electron chi connectivity index (χ2n) is 6.83. The number of oxazole rings is 1. The van der Waals surface area contributed by atoms with Gasteiger partial charge < -0.3 is 9.32 Å². The fourth-order valence-corrected chi connectivity index (χ4v) is 3.66.